The maximum atomic E-state index is 12.8. The SMILES string of the molecule is CC[C@@H](Nc1ccccc1)C(=O)N[C@@H]1CCCN(c2ncnc3[nH]ccc23)C1. The minimum Gasteiger partial charge on any atom is -0.374 e. The van der Waals surface area contributed by atoms with E-state index in [2.05, 4.69) is 30.5 Å². The molecule has 2 aromatic heterocycles. The second kappa shape index (κ2) is 8.29. The zero-order valence-electron chi connectivity index (χ0n) is 16.1. The monoisotopic (exact) mass is 378 g/mol. The Morgan fingerprint density at radius 1 is 1.29 bits per heavy atom. The molecule has 0 unspecified atom stereocenters. The van der Waals surface area contributed by atoms with Crippen LogP contribution in [-0.4, -0.2) is 46.0 Å². The normalized spacial score (nSPS) is 18.0. The van der Waals surface area contributed by atoms with E-state index >= 15 is 0 Å². The molecular weight excluding hydrogens is 352 g/mol. The highest BCUT2D eigenvalue weighted by Gasteiger charge is 2.26. The van der Waals surface area contributed by atoms with Crippen molar-refractivity contribution in [1.29, 1.82) is 0 Å². The fourth-order valence-electron chi connectivity index (χ4n) is 3.79. The van der Waals surface area contributed by atoms with Gasteiger partial charge in [0.25, 0.3) is 0 Å². The van der Waals surface area contributed by atoms with Crippen LogP contribution in [0.15, 0.2) is 48.9 Å². The molecule has 1 saturated heterocycles. The topological polar surface area (TPSA) is 85.9 Å². The molecule has 0 spiro atoms. The Hall–Kier alpha value is -3.09. The molecule has 4 rings (SSSR count). The number of aromatic nitrogens is 3. The molecule has 0 bridgehead atoms. The van der Waals surface area contributed by atoms with Gasteiger partial charge in [0.2, 0.25) is 5.91 Å². The van der Waals surface area contributed by atoms with E-state index in [0.717, 1.165) is 54.9 Å². The molecule has 7 heteroatoms. The van der Waals surface area contributed by atoms with Crippen LogP contribution in [0.4, 0.5) is 11.5 Å². The van der Waals surface area contributed by atoms with Crippen LogP contribution in [0.5, 0.6) is 0 Å². The molecule has 7 nitrogen and oxygen atoms in total. The van der Waals surface area contributed by atoms with Crippen LogP contribution in [0, 0.1) is 0 Å². The van der Waals surface area contributed by atoms with Gasteiger partial charge in [0.1, 0.15) is 23.8 Å². The summed E-state index contributed by atoms with van der Waals surface area (Å²) in [6.07, 6.45) is 6.20. The number of nitrogens with one attached hydrogen (secondary N) is 3. The third-order valence-electron chi connectivity index (χ3n) is 5.24. The van der Waals surface area contributed by atoms with E-state index in [1.54, 1.807) is 6.33 Å². The Kier molecular flexibility index (Phi) is 5.41. The van der Waals surface area contributed by atoms with Crippen LogP contribution in [-0.2, 0) is 4.79 Å². The summed E-state index contributed by atoms with van der Waals surface area (Å²) in [5.74, 6) is 0.979. The summed E-state index contributed by atoms with van der Waals surface area (Å²) in [6.45, 7) is 3.71. The fourth-order valence-corrected chi connectivity index (χ4v) is 3.79. The highest BCUT2D eigenvalue weighted by Crippen LogP contribution is 2.25. The number of hydrogen-bond donors (Lipinski definition) is 3. The lowest BCUT2D eigenvalue weighted by Crippen LogP contribution is -2.51. The maximum Gasteiger partial charge on any atom is 0.242 e. The first kappa shape index (κ1) is 18.3. The first-order valence-corrected chi connectivity index (χ1v) is 9.89. The molecular formula is C21H26N6O. The number of piperidine rings is 1. The average molecular weight is 378 g/mol. The maximum absolute atomic E-state index is 12.8. The van der Waals surface area contributed by atoms with Crippen molar-refractivity contribution < 1.29 is 4.79 Å². The summed E-state index contributed by atoms with van der Waals surface area (Å²) in [5.41, 5.74) is 1.81. The van der Waals surface area contributed by atoms with E-state index in [-0.39, 0.29) is 18.0 Å². The molecule has 3 heterocycles. The molecule has 3 N–H and O–H groups in total. The number of anilines is 2. The molecule has 1 aliphatic heterocycles. The number of hydrogen-bond acceptors (Lipinski definition) is 5. The average Bonchev–Trinajstić information content (AvgIpc) is 3.22. The lowest BCUT2D eigenvalue weighted by molar-refractivity contribution is -0.122. The number of fused-ring (bicyclic) bond motifs is 1. The van der Waals surface area contributed by atoms with E-state index in [1.165, 1.54) is 0 Å². The predicted molar refractivity (Wildman–Crippen MR) is 111 cm³/mol. The van der Waals surface area contributed by atoms with Gasteiger partial charge >= 0.3 is 0 Å². The number of rotatable bonds is 6. The van der Waals surface area contributed by atoms with Gasteiger partial charge in [0.15, 0.2) is 0 Å². The van der Waals surface area contributed by atoms with E-state index in [0.29, 0.717) is 0 Å². The largest absolute Gasteiger partial charge is 0.374 e. The minimum atomic E-state index is -0.242. The minimum absolute atomic E-state index is 0.0488. The van der Waals surface area contributed by atoms with Crippen LogP contribution in [0.3, 0.4) is 0 Å². The van der Waals surface area contributed by atoms with Crippen molar-refractivity contribution in [1.82, 2.24) is 20.3 Å². The summed E-state index contributed by atoms with van der Waals surface area (Å²) in [4.78, 5) is 27.0. The standard InChI is InChI=1S/C21H26N6O/c1-2-18(25-15-7-4-3-5-8-15)21(28)26-16-9-6-12-27(13-16)20-17-10-11-22-19(17)23-14-24-20/h3-5,7-8,10-11,14,16,18,25H,2,6,9,12-13H2,1H3,(H,26,28)(H,22,23,24)/t16-,18-/m1/s1. The van der Waals surface area contributed by atoms with Crippen LogP contribution in [0.25, 0.3) is 11.0 Å². The van der Waals surface area contributed by atoms with Crippen LogP contribution < -0.4 is 15.5 Å². The fraction of sp³-hybridized carbons (Fsp3) is 0.381. The quantitative estimate of drug-likeness (QED) is 0.614. The molecule has 1 aliphatic rings. The Labute approximate surface area is 164 Å². The van der Waals surface area contributed by atoms with Gasteiger partial charge in [-0.3, -0.25) is 4.79 Å². The predicted octanol–water partition coefficient (Wildman–Crippen LogP) is 2.93. The van der Waals surface area contributed by atoms with E-state index in [1.807, 2.05) is 49.5 Å². The van der Waals surface area contributed by atoms with Gasteiger partial charge in [0.05, 0.1) is 5.39 Å². The smallest absolute Gasteiger partial charge is 0.242 e. The summed E-state index contributed by atoms with van der Waals surface area (Å²) < 4.78 is 0. The van der Waals surface area contributed by atoms with Crippen molar-refractivity contribution in [2.24, 2.45) is 0 Å². The first-order chi connectivity index (χ1) is 13.7. The van der Waals surface area contributed by atoms with Crippen molar-refractivity contribution in [2.75, 3.05) is 23.3 Å². The Balaban J connectivity index is 1.41. The summed E-state index contributed by atoms with van der Waals surface area (Å²) in [7, 11) is 0. The molecule has 1 amide bonds. The van der Waals surface area contributed by atoms with E-state index in [4.69, 9.17) is 0 Å². The molecule has 2 atom stereocenters. The molecule has 0 saturated carbocycles. The van der Waals surface area contributed by atoms with Gasteiger partial charge in [-0.2, -0.15) is 0 Å². The number of para-hydroxylation sites is 1. The molecule has 1 fully saturated rings. The van der Waals surface area contributed by atoms with E-state index < -0.39 is 0 Å². The van der Waals surface area contributed by atoms with E-state index in [9.17, 15) is 4.79 Å². The number of aromatic amines is 1. The number of carbonyl (C=O) groups excluding carboxylic acids is 1. The first-order valence-electron chi connectivity index (χ1n) is 9.89. The van der Waals surface area contributed by atoms with Crippen molar-refractivity contribution in [2.45, 2.75) is 38.3 Å². The second-order valence-electron chi connectivity index (χ2n) is 7.20. The summed E-state index contributed by atoms with van der Waals surface area (Å²) >= 11 is 0. The van der Waals surface area contributed by atoms with Crippen LogP contribution in [0.2, 0.25) is 0 Å². The highest BCUT2D eigenvalue weighted by atomic mass is 16.2. The number of benzene rings is 1. The molecule has 1 aromatic carbocycles. The van der Waals surface area contributed by atoms with Crippen molar-refractivity contribution in [3.05, 3.63) is 48.9 Å². The summed E-state index contributed by atoms with van der Waals surface area (Å²) in [6, 6.07) is 11.7. The lowest BCUT2D eigenvalue weighted by Gasteiger charge is -2.35. The molecule has 146 valence electrons. The van der Waals surface area contributed by atoms with Gasteiger partial charge < -0.3 is 20.5 Å². The summed E-state index contributed by atoms with van der Waals surface area (Å²) in [5, 5.41) is 7.59. The van der Waals surface area contributed by atoms with Crippen molar-refractivity contribution >= 4 is 28.4 Å². The van der Waals surface area contributed by atoms with Crippen LogP contribution >= 0.6 is 0 Å². The zero-order chi connectivity index (χ0) is 19.3. The number of nitrogens with zero attached hydrogens (tertiary/aromatic N) is 3. The van der Waals surface area contributed by atoms with Crippen LogP contribution in [0.1, 0.15) is 26.2 Å². The highest BCUT2D eigenvalue weighted by molar-refractivity contribution is 5.87. The van der Waals surface area contributed by atoms with Gasteiger partial charge in [-0.1, -0.05) is 25.1 Å². The number of amides is 1. The molecule has 3 aromatic rings. The van der Waals surface area contributed by atoms with Gasteiger partial charge in [-0.15, -0.1) is 0 Å². The van der Waals surface area contributed by atoms with Gasteiger partial charge in [-0.05, 0) is 37.5 Å². The Morgan fingerprint density at radius 3 is 2.96 bits per heavy atom. The number of carbonyl (C=O) groups is 1. The third kappa shape index (κ3) is 3.93. The van der Waals surface area contributed by atoms with Crippen molar-refractivity contribution in [3.8, 4) is 0 Å². The molecule has 0 radical (unpaired) electrons. The third-order valence-corrected chi connectivity index (χ3v) is 5.24. The van der Waals surface area contributed by atoms with Gasteiger partial charge in [0, 0.05) is 31.0 Å². The van der Waals surface area contributed by atoms with Crippen molar-refractivity contribution in [3.63, 3.8) is 0 Å². The number of H-pyrrole nitrogens is 1. The molecule has 28 heavy (non-hydrogen) atoms. The molecule has 0 aliphatic carbocycles. The lowest BCUT2D eigenvalue weighted by atomic mass is 10.0. The second-order valence-corrected chi connectivity index (χ2v) is 7.20. The zero-order valence-corrected chi connectivity index (χ0v) is 16.1. The van der Waals surface area contributed by atoms with Gasteiger partial charge in [-0.25, -0.2) is 9.97 Å². The Morgan fingerprint density at radius 2 is 2.14 bits per heavy atom. The Bertz CT molecular complexity index is 925.